The van der Waals surface area contributed by atoms with Crippen molar-refractivity contribution in [1.29, 1.82) is 0 Å². The topological polar surface area (TPSA) is 0 Å². The van der Waals surface area contributed by atoms with E-state index in [1.165, 1.54) is 16.0 Å². The number of benzene rings is 1. The van der Waals surface area contributed by atoms with Crippen LogP contribution in [-0.4, -0.2) is 7.85 Å². The third kappa shape index (κ3) is 3.28. The fourth-order valence-corrected chi connectivity index (χ4v) is 1.91. The van der Waals surface area contributed by atoms with Crippen molar-refractivity contribution >= 4 is 19.4 Å². The molecule has 0 aliphatic carbocycles. The van der Waals surface area contributed by atoms with Gasteiger partial charge in [-0.05, 0) is 33.8 Å². The highest BCUT2D eigenvalue weighted by molar-refractivity contribution is 6.39. The van der Waals surface area contributed by atoms with Crippen molar-refractivity contribution in [2.24, 2.45) is 5.41 Å². The Morgan fingerprint density at radius 1 is 1.06 bits per heavy atom. The van der Waals surface area contributed by atoms with Gasteiger partial charge >= 0.3 is 0 Å². The number of hydrogen-bond donors (Lipinski definition) is 0. The first kappa shape index (κ1) is 15.1. The molecule has 0 nitrogen and oxygen atoms in total. The first-order valence-electron chi connectivity index (χ1n) is 6.64. The molecule has 0 spiro atoms. The monoisotopic (exact) mass is 240 g/mol. The van der Waals surface area contributed by atoms with Gasteiger partial charge in [-0.3, -0.25) is 0 Å². The van der Waals surface area contributed by atoms with E-state index in [0.29, 0.717) is 0 Å². The Labute approximate surface area is 113 Å². The van der Waals surface area contributed by atoms with Crippen molar-refractivity contribution < 1.29 is 0 Å². The summed E-state index contributed by atoms with van der Waals surface area (Å²) in [6, 6.07) is 6.62. The molecule has 0 fully saturated rings. The normalized spacial score (nSPS) is 15.8. The standard InChI is InChI=1S/C17H25B/c1-8-12-9-10-13(16(2,3)4)11-14(12)15(18)17(5,6)7/h8-11H,1-7H3/b12-8-,15-14-. The largest absolute Gasteiger partial charge is 0.109 e. The zero-order valence-electron chi connectivity index (χ0n) is 12.9. The van der Waals surface area contributed by atoms with E-state index in [-0.39, 0.29) is 10.8 Å². The summed E-state index contributed by atoms with van der Waals surface area (Å²) in [5.41, 5.74) is 2.44. The Morgan fingerprint density at radius 2 is 1.61 bits per heavy atom. The summed E-state index contributed by atoms with van der Waals surface area (Å²) in [4.78, 5) is 0. The summed E-state index contributed by atoms with van der Waals surface area (Å²) in [6.07, 6.45) is 2.13. The van der Waals surface area contributed by atoms with Gasteiger partial charge in [-0.15, -0.1) is 5.47 Å². The highest BCUT2D eigenvalue weighted by Crippen LogP contribution is 2.23. The fraction of sp³-hybridized carbons (Fsp3) is 0.529. The smallest absolute Gasteiger partial charge is 0.105 e. The molecule has 0 unspecified atom stereocenters. The molecule has 96 valence electrons. The lowest BCUT2D eigenvalue weighted by Crippen LogP contribution is -2.33. The zero-order chi connectivity index (χ0) is 14.1. The van der Waals surface area contributed by atoms with Crippen molar-refractivity contribution in [3.8, 4) is 0 Å². The van der Waals surface area contributed by atoms with Gasteiger partial charge in [0.05, 0.1) is 0 Å². The molecular formula is C17H25B. The third-order valence-electron chi connectivity index (χ3n) is 3.33. The van der Waals surface area contributed by atoms with E-state index in [1.54, 1.807) is 0 Å². The highest BCUT2D eigenvalue weighted by Gasteiger charge is 2.16. The predicted molar refractivity (Wildman–Crippen MR) is 83.1 cm³/mol. The minimum Gasteiger partial charge on any atom is -0.105 e. The molecule has 1 heteroatoms. The lowest BCUT2D eigenvalue weighted by molar-refractivity contribution is 0.573. The number of rotatable bonds is 0. The van der Waals surface area contributed by atoms with E-state index >= 15 is 0 Å². The van der Waals surface area contributed by atoms with Crippen molar-refractivity contribution in [1.82, 2.24) is 0 Å². The summed E-state index contributed by atoms with van der Waals surface area (Å²) in [5, 5.41) is 2.40. The van der Waals surface area contributed by atoms with E-state index in [9.17, 15) is 0 Å². The van der Waals surface area contributed by atoms with Crippen LogP contribution in [0.2, 0.25) is 0 Å². The van der Waals surface area contributed by atoms with Crippen LogP contribution in [0.15, 0.2) is 18.2 Å². The minimum atomic E-state index is -0.00569. The molecular weight excluding hydrogens is 215 g/mol. The molecule has 1 rings (SSSR count). The minimum absolute atomic E-state index is 0.00569. The van der Waals surface area contributed by atoms with Gasteiger partial charge in [0.15, 0.2) is 0 Å². The maximum Gasteiger partial charge on any atom is 0.109 e. The Hall–Kier alpha value is -0.975. The van der Waals surface area contributed by atoms with Gasteiger partial charge in [-0.1, -0.05) is 65.8 Å². The lowest BCUT2D eigenvalue weighted by atomic mass is 9.72. The van der Waals surface area contributed by atoms with Gasteiger partial charge < -0.3 is 0 Å². The van der Waals surface area contributed by atoms with Crippen LogP contribution in [-0.2, 0) is 5.41 Å². The summed E-state index contributed by atoms with van der Waals surface area (Å²) >= 11 is 0. The summed E-state index contributed by atoms with van der Waals surface area (Å²) in [5.74, 6) is 0. The maximum absolute atomic E-state index is 6.36. The Balaban J connectivity index is 3.72. The third-order valence-corrected chi connectivity index (χ3v) is 3.33. The Kier molecular flexibility index (Phi) is 4.15. The molecule has 0 aromatic heterocycles. The second-order valence-electron chi connectivity index (χ2n) is 7.00. The average molecular weight is 240 g/mol. The molecule has 2 radical (unpaired) electrons. The van der Waals surface area contributed by atoms with Gasteiger partial charge in [0, 0.05) is 0 Å². The molecule has 0 amide bonds. The molecule has 0 aliphatic rings. The molecule has 0 bridgehead atoms. The van der Waals surface area contributed by atoms with Gasteiger partial charge in [-0.2, -0.15) is 0 Å². The second-order valence-corrected chi connectivity index (χ2v) is 7.00. The van der Waals surface area contributed by atoms with Crippen LogP contribution in [0, 0.1) is 5.41 Å². The maximum atomic E-state index is 6.36. The SMILES string of the molecule is [B]/C(=c1/cc(C(C)(C)C)cc/c1=C/C)C(C)(C)C. The fourth-order valence-electron chi connectivity index (χ4n) is 1.91. The molecule has 0 saturated carbocycles. The first-order valence-corrected chi connectivity index (χ1v) is 6.64. The molecule has 0 N–H and O–H groups in total. The zero-order valence-corrected chi connectivity index (χ0v) is 12.9. The number of hydrogen-bond acceptors (Lipinski definition) is 0. The lowest BCUT2D eigenvalue weighted by Gasteiger charge is -2.23. The van der Waals surface area contributed by atoms with Crippen LogP contribution >= 0.6 is 0 Å². The molecule has 18 heavy (non-hydrogen) atoms. The van der Waals surface area contributed by atoms with Crippen molar-refractivity contribution in [2.45, 2.75) is 53.9 Å². The van der Waals surface area contributed by atoms with Crippen LogP contribution in [0.25, 0.3) is 11.5 Å². The Bertz CT molecular complexity index is 536. The highest BCUT2D eigenvalue weighted by atomic mass is 14.2. The van der Waals surface area contributed by atoms with Crippen molar-refractivity contribution in [3.05, 3.63) is 34.2 Å². The van der Waals surface area contributed by atoms with Crippen LogP contribution in [0.5, 0.6) is 0 Å². The molecule has 0 saturated heterocycles. The van der Waals surface area contributed by atoms with Gasteiger partial charge in [0.25, 0.3) is 0 Å². The summed E-state index contributed by atoms with van der Waals surface area (Å²) < 4.78 is 0. The van der Waals surface area contributed by atoms with Crippen LogP contribution in [0.4, 0.5) is 0 Å². The summed E-state index contributed by atoms with van der Waals surface area (Å²) in [7, 11) is 6.36. The van der Waals surface area contributed by atoms with Crippen LogP contribution < -0.4 is 10.4 Å². The summed E-state index contributed by atoms with van der Waals surface area (Å²) in [6.45, 7) is 15.2. The van der Waals surface area contributed by atoms with Gasteiger partial charge in [-0.25, -0.2) is 0 Å². The molecule has 1 aromatic carbocycles. The van der Waals surface area contributed by atoms with E-state index < -0.39 is 0 Å². The first-order chi connectivity index (χ1) is 8.07. The van der Waals surface area contributed by atoms with Gasteiger partial charge in [0.2, 0.25) is 0 Å². The van der Waals surface area contributed by atoms with Gasteiger partial charge in [0.1, 0.15) is 7.85 Å². The Morgan fingerprint density at radius 3 is 2.00 bits per heavy atom. The van der Waals surface area contributed by atoms with Crippen LogP contribution in [0.1, 0.15) is 54.0 Å². The molecule has 0 heterocycles. The molecule has 1 aromatic rings. The quantitative estimate of drug-likeness (QED) is 0.611. The van der Waals surface area contributed by atoms with E-state index in [0.717, 1.165) is 5.47 Å². The van der Waals surface area contributed by atoms with E-state index in [2.05, 4.69) is 72.7 Å². The predicted octanol–water partition coefficient (Wildman–Crippen LogP) is 3.11. The van der Waals surface area contributed by atoms with Crippen LogP contribution in [0.3, 0.4) is 0 Å². The van der Waals surface area contributed by atoms with E-state index in [4.69, 9.17) is 7.85 Å². The van der Waals surface area contributed by atoms with Crippen molar-refractivity contribution in [2.75, 3.05) is 0 Å². The average Bonchev–Trinajstić information content (AvgIpc) is 2.24. The van der Waals surface area contributed by atoms with E-state index in [1.807, 2.05) is 0 Å². The van der Waals surface area contributed by atoms with Crippen molar-refractivity contribution in [3.63, 3.8) is 0 Å². The second kappa shape index (κ2) is 4.95. The molecule has 0 atom stereocenters. The molecule has 0 aliphatic heterocycles.